The summed E-state index contributed by atoms with van der Waals surface area (Å²) in [4.78, 5) is 30.4. The first kappa shape index (κ1) is 21.5. The smallest absolute Gasteiger partial charge is 0.254 e. The lowest BCUT2D eigenvalue weighted by molar-refractivity contribution is -0.137. The molecule has 33 heavy (non-hydrogen) atoms. The Balaban J connectivity index is 1.22. The maximum Gasteiger partial charge on any atom is 0.254 e. The van der Waals surface area contributed by atoms with Gasteiger partial charge in [-0.3, -0.25) is 9.59 Å². The molecule has 0 saturated carbocycles. The highest BCUT2D eigenvalue weighted by Crippen LogP contribution is 2.28. The minimum atomic E-state index is -0.0156. The van der Waals surface area contributed by atoms with Crippen molar-refractivity contribution >= 4 is 22.6 Å². The zero-order chi connectivity index (χ0) is 22.8. The number of nitrogens with zero attached hydrogens (tertiary/aromatic N) is 2. The fourth-order valence-electron chi connectivity index (χ4n) is 5.15. The topological polar surface area (TPSA) is 49.9 Å². The molecule has 5 heteroatoms. The number of ether oxygens (including phenoxy) is 1. The number of likely N-dealkylation sites (tertiary alicyclic amines) is 1. The Labute approximate surface area is 194 Å². The Morgan fingerprint density at radius 1 is 0.909 bits per heavy atom. The van der Waals surface area contributed by atoms with E-state index in [1.54, 1.807) is 0 Å². The first-order valence-corrected chi connectivity index (χ1v) is 11.9. The third kappa shape index (κ3) is 4.32. The number of hydrogen-bond donors (Lipinski definition) is 0. The van der Waals surface area contributed by atoms with E-state index in [0.717, 1.165) is 47.9 Å². The van der Waals surface area contributed by atoms with Gasteiger partial charge in [0.2, 0.25) is 5.91 Å². The van der Waals surface area contributed by atoms with Crippen LogP contribution in [0.3, 0.4) is 0 Å². The van der Waals surface area contributed by atoms with Crippen LogP contribution in [0.1, 0.15) is 41.3 Å². The molecule has 170 valence electrons. The molecule has 5 nitrogen and oxygen atoms in total. The van der Waals surface area contributed by atoms with Gasteiger partial charge in [0.1, 0.15) is 5.75 Å². The van der Waals surface area contributed by atoms with Gasteiger partial charge in [-0.1, -0.05) is 42.5 Å². The van der Waals surface area contributed by atoms with E-state index in [2.05, 4.69) is 12.1 Å². The third-order valence-corrected chi connectivity index (χ3v) is 6.96. The van der Waals surface area contributed by atoms with Gasteiger partial charge in [-0.2, -0.15) is 0 Å². The van der Waals surface area contributed by atoms with E-state index in [0.29, 0.717) is 26.2 Å². The van der Waals surface area contributed by atoms with Gasteiger partial charge in [0.25, 0.3) is 5.91 Å². The molecule has 0 aliphatic carbocycles. The first-order chi connectivity index (χ1) is 16.1. The monoisotopic (exact) mass is 442 g/mol. The minimum Gasteiger partial charge on any atom is -0.494 e. The Morgan fingerprint density at radius 3 is 2.52 bits per heavy atom. The van der Waals surface area contributed by atoms with Crippen molar-refractivity contribution in [2.45, 2.75) is 32.7 Å². The number of fused-ring (bicyclic) bond motifs is 2. The van der Waals surface area contributed by atoms with Gasteiger partial charge < -0.3 is 14.5 Å². The first-order valence-electron chi connectivity index (χ1n) is 11.9. The van der Waals surface area contributed by atoms with Crippen LogP contribution in [-0.2, 0) is 17.8 Å². The summed E-state index contributed by atoms with van der Waals surface area (Å²) in [5.74, 6) is 1.14. The molecule has 5 rings (SSSR count). The second-order valence-electron chi connectivity index (χ2n) is 8.97. The number of hydrogen-bond acceptors (Lipinski definition) is 3. The quantitative estimate of drug-likeness (QED) is 0.590. The molecule has 3 aromatic rings. The molecule has 3 aromatic carbocycles. The normalized spacial score (nSPS) is 16.5. The molecule has 0 unspecified atom stereocenters. The van der Waals surface area contributed by atoms with Crippen LogP contribution < -0.4 is 4.74 Å². The van der Waals surface area contributed by atoms with Gasteiger partial charge in [-0.25, -0.2) is 0 Å². The lowest BCUT2D eigenvalue weighted by Crippen LogP contribution is -2.45. The fourth-order valence-corrected chi connectivity index (χ4v) is 5.15. The van der Waals surface area contributed by atoms with E-state index < -0.39 is 0 Å². The van der Waals surface area contributed by atoms with Crippen molar-refractivity contribution in [1.82, 2.24) is 9.80 Å². The maximum absolute atomic E-state index is 13.3. The predicted molar refractivity (Wildman–Crippen MR) is 129 cm³/mol. The van der Waals surface area contributed by atoms with E-state index in [4.69, 9.17) is 4.74 Å². The number of amides is 2. The Morgan fingerprint density at radius 2 is 1.70 bits per heavy atom. The van der Waals surface area contributed by atoms with Crippen LogP contribution in [0, 0.1) is 5.92 Å². The van der Waals surface area contributed by atoms with Crippen LogP contribution >= 0.6 is 0 Å². The minimum absolute atomic E-state index is 0.0156. The molecule has 0 spiro atoms. The summed E-state index contributed by atoms with van der Waals surface area (Å²) in [5, 5.41) is 2.06. The predicted octanol–water partition coefficient (Wildman–Crippen LogP) is 4.68. The summed E-state index contributed by atoms with van der Waals surface area (Å²) in [6.07, 6.45) is 2.32. The highest BCUT2D eigenvalue weighted by atomic mass is 16.5. The van der Waals surface area contributed by atoms with Crippen LogP contribution in [0.15, 0.2) is 60.7 Å². The molecule has 0 atom stereocenters. The zero-order valence-corrected chi connectivity index (χ0v) is 19.1. The van der Waals surface area contributed by atoms with E-state index in [-0.39, 0.29) is 17.7 Å². The molecular formula is C28H30N2O3. The Hall–Kier alpha value is -3.34. The SMILES string of the molecule is CCOc1ccc2c(c1)CN(C(=O)C1CCN(C(=O)c3cccc4ccccc34)CC1)CC2. The molecule has 2 aliphatic rings. The zero-order valence-electron chi connectivity index (χ0n) is 19.1. The standard InChI is InChI=1S/C28H30N2O3/c1-2-33-24-11-10-20-12-17-30(19-23(20)18-24)27(31)22-13-15-29(16-14-22)28(32)26-9-5-7-21-6-3-4-8-25(21)26/h3-11,18,22H,2,12-17,19H2,1H3. The molecular weight excluding hydrogens is 412 g/mol. The van der Waals surface area contributed by atoms with Crippen molar-refractivity contribution in [2.24, 2.45) is 5.92 Å². The molecule has 0 bridgehead atoms. The van der Waals surface area contributed by atoms with Crippen LogP contribution in [0.25, 0.3) is 10.8 Å². The van der Waals surface area contributed by atoms with Crippen LogP contribution in [-0.4, -0.2) is 47.9 Å². The molecule has 1 saturated heterocycles. The molecule has 2 amide bonds. The summed E-state index contributed by atoms with van der Waals surface area (Å²) < 4.78 is 5.64. The van der Waals surface area contributed by atoms with E-state index in [1.165, 1.54) is 11.1 Å². The largest absolute Gasteiger partial charge is 0.494 e. The average molecular weight is 443 g/mol. The van der Waals surface area contributed by atoms with Crippen molar-refractivity contribution in [2.75, 3.05) is 26.2 Å². The highest BCUT2D eigenvalue weighted by Gasteiger charge is 2.32. The second-order valence-corrected chi connectivity index (χ2v) is 8.97. The molecule has 2 heterocycles. The van der Waals surface area contributed by atoms with Crippen molar-refractivity contribution < 1.29 is 14.3 Å². The van der Waals surface area contributed by atoms with Gasteiger partial charge in [0.05, 0.1) is 6.61 Å². The highest BCUT2D eigenvalue weighted by molar-refractivity contribution is 6.07. The number of carbonyl (C=O) groups excluding carboxylic acids is 2. The van der Waals surface area contributed by atoms with E-state index in [9.17, 15) is 9.59 Å². The van der Waals surface area contributed by atoms with E-state index in [1.807, 2.05) is 65.3 Å². The van der Waals surface area contributed by atoms with Crippen molar-refractivity contribution in [3.8, 4) is 5.75 Å². The van der Waals surface area contributed by atoms with Crippen molar-refractivity contribution in [3.05, 3.63) is 77.4 Å². The van der Waals surface area contributed by atoms with E-state index >= 15 is 0 Å². The average Bonchev–Trinajstić information content (AvgIpc) is 2.87. The number of piperidine rings is 1. The molecule has 0 radical (unpaired) electrons. The number of carbonyl (C=O) groups is 2. The van der Waals surface area contributed by atoms with Gasteiger partial charge in [0, 0.05) is 37.7 Å². The second kappa shape index (κ2) is 9.26. The number of rotatable bonds is 4. The summed E-state index contributed by atoms with van der Waals surface area (Å²) in [7, 11) is 0. The van der Waals surface area contributed by atoms with Gasteiger partial charge in [-0.05, 0) is 66.3 Å². The molecule has 1 fully saturated rings. The van der Waals surface area contributed by atoms with Crippen molar-refractivity contribution in [1.29, 1.82) is 0 Å². The fraction of sp³-hybridized carbons (Fsp3) is 0.357. The van der Waals surface area contributed by atoms with Gasteiger partial charge >= 0.3 is 0 Å². The Kier molecular flexibility index (Phi) is 6.03. The van der Waals surface area contributed by atoms with Gasteiger partial charge in [-0.15, -0.1) is 0 Å². The summed E-state index contributed by atoms with van der Waals surface area (Å²) in [5.41, 5.74) is 3.23. The molecule has 2 aliphatic heterocycles. The van der Waals surface area contributed by atoms with Crippen LogP contribution in [0.5, 0.6) is 5.75 Å². The number of benzene rings is 3. The maximum atomic E-state index is 13.3. The Bertz CT molecular complexity index is 1180. The van der Waals surface area contributed by atoms with Crippen molar-refractivity contribution in [3.63, 3.8) is 0 Å². The lowest BCUT2D eigenvalue weighted by Gasteiger charge is -2.36. The third-order valence-electron chi connectivity index (χ3n) is 6.96. The van der Waals surface area contributed by atoms with Crippen LogP contribution in [0.4, 0.5) is 0 Å². The summed E-state index contributed by atoms with van der Waals surface area (Å²) >= 11 is 0. The van der Waals surface area contributed by atoms with Crippen LogP contribution in [0.2, 0.25) is 0 Å². The lowest BCUT2D eigenvalue weighted by atomic mass is 9.92. The molecule has 0 N–H and O–H groups in total. The summed E-state index contributed by atoms with van der Waals surface area (Å²) in [6.45, 7) is 5.26. The molecule has 0 aromatic heterocycles. The van der Waals surface area contributed by atoms with Gasteiger partial charge in [0.15, 0.2) is 0 Å². The summed E-state index contributed by atoms with van der Waals surface area (Å²) in [6, 6.07) is 20.1.